The number of carbonyl (C=O) groups is 2. The summed E-state index contributed by atoms with van der Waals surface area (Å²) in [5, 5.41) is -0.964. The maximum absolute atomic E-state index is 12.7. The van der Waals surface area contributed by atoms with Crippen LogP contribution in [-0.2, 0) is 24.5 Å². The number of sulfone groups is 2. The Bertz CT molecular complexity index is 918. The second-order valence-corrected chi connectivity index (χ2v) is 11.0. The highest BCUT2D eigenvalue weighted by atomic mass is 32.2. The lowest BCUT2D eigenvalue weighted by Crippen LogP contribution is -2.48. The van der Waals surface area contributed by atoms with Gasteiger partial charge in [0, 0.05) is 31.7 Å². The minimum Gasteiger partial charge on any atom is -0.342 e. The molecular formula is C16H20N2O6S2. The van der Waals surface area contributed by atoms with Gasteiger partial charge in [0.05, 0.1) is 21.7 Å². The fourth-order valence-corrected chi connectivity index (χ4v) is 7.62. The smallest absolute Gasteiger partial charge is 0.254 e. The zero-order valence-electron chi connectivity index (χ0n) is 14.1. The molecule has 8 nitrogen and oxygen atoms in total. The molecule has 10 heteroatoms. The van der Waals surface area contributed by atoms with Crippen LogP contribution in [0.15, 0.2) is 29.2 Å². The van der Waals surface area contributed by atoms with Gasteiger partial charge in [-0.1, -0.05) is 6.07 Å². The summed E-state index contributed by atoms with van der Waals surface area (Å²) in [4.78, 5) is 26.5. The Morgan fingerprint density at radius 1 is 1.15 bits per heavy atom. The van der Waals surface area contributed by atoms with Crippen molar-refractivity contribution < 1.29 is 26.4 Å². The van der Waals surface area contributed by atoms with Crippen LogP contribution in [0, 0.1) is 0 Å². The molecule has 0 spiro atoms. The van der Waals surface area contributed by atoms with E-state index in [4.69, 9.17) is 0 Å². The molecule has 142 valence electrons. The molecule has 3 rings (SSSR count). The molecule has 2 heterocycles. The van der Waals surface area contributed by atoms with Gasteiger partial charge in [-0.2, -0.15) is 0 Å². The van der Waals surface area contributed by atoms with E-state index >= 15 is 0 Å². The van der Waals surface area contributed by atoms with Crippen molar-refractivity contribution in [2.24, 2.45) is 0 Å². The predicted octanol–water partition coefficient (Wildman–Crippen LogP) is -0.438. The van der Waals surface area contributed by atoms with Crippen LogP contribution >= 0.6 is 0 Å². The number of hydrogen-bond acceptors (Lipinski definition) is 6. The minimum atomic E-state index is -3.81. The summed E-state index contributed by atoms with van der Waals surface area (Å²) >= 11 is 0. The van der Waals surface area contributed by atoms with E-state index in [9.17, 15) is 26.4 Å². The molecule has 2 aliphatic heterocycles. The molecular weight excluding hydrogens is 380 g/mol. The second kappa shape index (κ2) is 6.99. The third kappa shape index (κ3) is 3.75. The number of rotatable bonds is 4. The van der Waals surface area contributed by atoms with Crippen LogP contribution in [0.5, 0.6) is 0 Å². The lowest BCUT2D eigenvalue weighted by Gasteiger charge is -2.32. The number of carbonyl (C=O) groups excluding carboxylic acids is 2. The fraction of sp³-hybridized carbons (Fsp3) is 0.500. The van der Waals surface area contributed by atoms with Gasteiger partial charge in [-0.15, -0.1) is 0 Å². The van der Waals surface area contributed by atoms with Crippen molar-refractivity contribution in [2.45, 2.75) is 16.6 Å². The summed E-state index contributed by atoms with van der Waals surface area (Å²) < 4.78 is 48.6. The Hall–Kier alpha value is -1.94. The van der Waals surface area contributed by atoms with Crippen molar-refractivity contribution in [2.75, 3.05) is 37.7 Å². The lowest BCUT2D eigenvalue weighted by molar-refractivity contribution is -0.119. The first-order valence-electron chi connectivity index (χ1n) is 8.26. The molecule has 0 aromatic heterocycles. The lowest BCUT2D eigenvalue weighted by atomic mass is 10.2. The monoisotopic (exact) mass is 400 g/mol. The maximum atomic E-state index is 12.7. The van der Waals surface area contributed by atoms with E-state index in [2.05, 4.69) is 0 Å². The molecule has 0 saturated carbocycles. The third-order valence-corrected chi connectivity index (χ3v) is 8.96. The summed E-state index contributed by atoms with van der Waals surface area (Å²) in [6.07, 6.45) is 0.821. The van der Waals surface area contributed by atoms with Crippen LogP contribution in [0.4, 0.5) is 0 Å². The number of piperazine rings is 1. The molecule has 0 unspecified atom stereocenters. The van der Waals surface area contributed by atoms with Gasteiger partial charge in [-0.05, 0) is 24.6 Å². The molecule has 0 aliphatic carbocycles. The molecule has 2 fully saturated rings. The van der Waals surface area contributed by atoms with Gasteiger partial charge in [0.25, 0.3) is 5.91 Å². The molecule has 0 bridgehead atoms. The average molecular weight is 400 g/mol. The summed E-state index contributed by atoms with van der Waals surface area (Å²) in [6.45, 7) is 1.64. The van der Waals surface area contributed by atoms with E-state index in [1.165, 1.54) is 18.2 Å². The van der Waals surface area contributed by atoms with Crippen molar-refractivity contribution in [3.8, 4) is 0 Å². The van der Waals surface area contributed by atoms with Gasteiger partial charge < -0.3 is 9.80 Å². The van der Waals surface area contributed by atoms with Gasteiger partial charge in [-0.25, -0.2) is 16.8 Å². The summed E-state index contributed by atoms with van der Waals surface area (Å²) in [5.74, 6) is -0.802. The Morgan fingerprint density at radius 2 is 1.85 bits per heavy atom. The van der Waals surface area contributed by atoms with Gasteiger partial charge in [0.2, 0.25) is 6.41 Å². The van der Waals surface area contributed by atoms with Crippen LogP contribution in [0.25, 0.3) is 0 Å². The van der Waals surface area contributed by atoms with E-state index < -0.39 is 24.9 Å². The fourth-order valence-electron chi connectivity index (χ4n) is 3.22. The molecule has 1 aromatic carbocycles. The SMILES string of the molecule is O=CN1CCN(C(=O)c2cccc(S(=O)(=O)[C@H]3CCS(=O)(=O)C3)c2)CC1. The molecule has 2 saturated heterocycles. The Balaban J connectivity index is 1.80. The Kier molecular flexibility index (Phi) is 5.07. The first-order valence-corrected chi connectivity index (χ1v) is 11.6. The summed E-state index contributed by atoms with van der Waals surface area (Å²) in [6, 6.07) is 5.74. The zero-order chi connectivity index (χ0) is 18.9. The number of benzene rings is 1. The normalized spacial score (nSPS) is 23.0. The van der Waals surface area contributed by atoms with Crippen LogP contribution in [0.3, 0.4) is 0 Å². The standard InChI is InChI=1S/C16H20N2O6S2/c19-12-17-5-7-18(8-6-17)16(20)13-2-1-3-14(10-13)26(23,24)15-4-9-25(21,22)11-15/h1-3,10,12,15H,4-9,11H2/t15-/m0/s1. The first-order chi connectivity index (χ1) is 12.2. The van der Waals surface area contributed by atoms with E-state index in [-0.39, 0.29) is 34.3 Å². The molecule has 0 N–H and O–H groups in total. The molecule has 26 heavy (non-hydrogen) atoms. The number of amides is 2. The van der Waals surface area contributed by atoms with Gasteiger partial charge in [0.15, 0.2) is 19.7 Å². The average Bonchev–Trinajstić information content (AvgIpc) is 3.02. The van der Waals surface area contributed by atoms with Crippen LogP contribution in [0.2, 0.25) is 0 Å². The van der Waals surface area contributed by atoms with Crippen molar-refractivity contribution in [3.05, 3.63) is 29.8 Å². The predicted molar refractivity (Wildman–Crippen MR) is 94.2 cm³/mol. The maximum Gasteiger partial charge on any atom is 0.254 e. The highest BCUT2D eigenvalue weighted by Crippen LogP contribution is 2.26. The Labute approximate surface area is 152 Å². The van der Waals surface area contributed by atoms with Crippen LogP contribution in [0.1, 0.15) is 16.8 Å². The van der Waals surface area contributed by atoms with Crippen LogP contribution in [-0.4, -0.2) is 81.9 Å². The van der Waals surface area contributed by atoms with Gasteiger partial charge in [-0.3, -0.25) is 9.59 Å². The summed E-state index contributed by atoms with van der Waals surface area (Å²) in [5.41, 5.74) is 0.242. The van der Waals surface area contributed by atoms with Gasteiger partial charge in [0.1, 0.15) is 0 Å². The van der Waals surface area contributed by atoms with Crippen LogP contribution < -0.4 is 0 Å². The Morgan fingerprint density at radius 3 is 2.42 bits per heavy atom. The van der Waals surface area contributed by atoms with Crippen molar-refractivity contribution >= 4 is 32.0 Å². The van der Waals surface area contributed by atoms with Crippen molar-refractivity contribution in [3.63, 3.8) is 0 Å². The van der Waals surface area contributed by atoms with Crippen molar-refractivity contribution in [1.82, 2.24) is 9.80 Å². The second-order valence-electron chi connectivity index (χ2n) is 6.53. The van der Waals surface area contributed by atoms with Gasteiger partial charge >= 0.3 is 0 Å². The minimum absolute atomic E-state index is 0.0306. The third-order valence-electron chi connectivity index (χ3n) is 4.79. The largest absolute Gasteiger partial charge is 0.342 e. The van der Waals surface area contributed by atoms with E-state index in [1.807, 2.05) is 0 Å². The van der Waals surface area contributed by atoms with E-state index in [0.717, 1.165) is 6.41 Å². The molecule has 2 amide bonds. The molecule has 2 aliphatic rings. The molecule has 0 radical (unpaired) electrons. The summed E-state index contributed by atoms with van der Waals surface area (Å²) in [7, 11) is -7.14. The molecule has 1 aromatic rings. The topological polar surface area (TPSA) is 109 Å². The number of nitrogens with zero attached hydrogens (tertiary/aromatic N) is 2. The highest BCUT2D eigenvalue weighted by molar-refractivity contribution is 7.96. The molecule has 1 atom stereocenters. The highest BCUT2D eigenvalue weighted by Gasteiger charge is 2.38. The number of hydrogen-bond donors (Lipinski definition) is 0. The zero-order valence-corrected chi connectivity index (χ0v) is 15.7. The first kappa shape index (κ1) is 18.8. The van der Waals surface area contributed by atoms with E-state index in [1.54, 1.807) is 15.9 Å². The quantitative estimate of drug-likeness (QED) is 0.634. The van der Waals surface area contributed by atoms with Crippen molar-refractivity contribution in [1.29, 1.82) is 0 Å². The van der Waals surface area contributed by atoms with E-state index in [0.29, 0.717) is 26.2 Å².